The van der Waals surface area contributed by atoms with Crippen LogP contribution in [0.25, 0.3) is 0 Å². The number of allylic oxidation sites excluding steroid dienone is 26. The number of aliphatic hydroxyl groups is 1. The molecule has 0 radical (unpaired) electrons. The average Bonchev–Trinajstić information content (AvgIpc) is 0.905. The molecule has 0 fully saturated rings. The Kier molecular flexibility index (Phi) is 75.8. The number of rotatable bonds is 77. The maximum absolute atomic E-state index is 13.1. The lowest BCUT2D eigenvalue weighted by molar-refractivity contribution is -0.161. The minimum Gasteiger partial charge on any atom is -0.462 e. The number of unbranched alkanes of at least 4 members (excludes halogenated alkanes) is 25. The lowest BCUT2D eigenvalue weighted by atomic mass is 10.1. The number of aliphatic hydroxyl groups excluding tert-OH is 1. The van der Waals surface area contributed by atoms with Crippen LogP contribution in [0.2, 0.25) is 0 Å². The molecule has 0 saturated heterocycles. The van der Waals surface area contributed by atoms with E-state index < -0.39 is 97.5 Å². The molecule has 0 aromatic carbocycles. The van der Waals surface area contributed by atoms with Crippen LogP contribution in [0.1, 0.15) is 323 Å². The van der Waals surface area contributed by atoms with Gasteiger partial charge in [0.2, 0.25) is 0 Å². The van der Waals surface area contributed by atoms with Gasteiger partial charge in [0.1, 0.15) is 19.3 Å². The molecule has 5 unspecified atom stereocenters. The van der Waals surface area contributed by atoms with Crippen LogP contribution in [-0.4, -0.2) is 96.7 Å². The molecule has 616 valence electrons. The Labute approximate surface area is 655 Å². The van der Waals surface area contributed by atoms with Gasteiger partial charge in [0.15, 0.2) is 12.2 Å². The van der Waals surface area contributed by atoms with E-state index in [0.29, 0.717) is 32.1 Å². The highest BCUT2D eigenvalue weighted by Gasteiger charge is 2.30. The number of phosphoric ester groups is 2. The quantitative estimate of drug-likeness (QED) is 0.0169. The zero-order chi connectivity index (χ0) is 78.9. The van der Waals surface area contributed by atoms with Crippen LogP contribution in [0.3, 0.4) is 0 Å². The van der Waals surface area contributed by atoms with Crippen LogP contribution < -0.4 is 0 Å². The standard InChI is InChI=1S/C89H148O17P2/c1-5-9-13-17-21-25-29-33-36-39-41-44-46-50-53-57-61-65-69-73-86(91)99-79-84(105-88(93)75-71-67-63-59-55-49-32-28-24-20-16-12-8-4)81-103-107(95,96)101-77-83(90)78-102-108(97,98)104-82-85(106-89(94)76-72-68-64-60-56-52-48-43-38-35-31-27-23-19-15-11-7-3)80-100-87(92)74-70-66-62-58-54-51-47-45-42-40-37-34-30-26-22-18-14-10-6-2/h9,11,13,15,21-23,25-28,32-38,41-42,44-45,48,52,60,64,83-85,90H,5-8,10,12,14,16-20,24,29-31,39-40,43,46-47,49-51,53-59,61-63,65-82H2,1-4H3,(H,95,96)(H,97,98)/b13-9-,15-11-,25-21-,26-22-,27-23-,32-28-,36-33-,37-34-,38-35-,44-41-,45-42-,52-48-,64-60-. The van der Waals surface area contributed by atoms with Gasteiger partial charge in [-0.1, -0.05) is 288 Å². The average molecular weight is 1550 g/mol. The minimum atomic E-state index is -5.01. The van der Waals surface area contributed by atoms with Crippen molar-refractivity contribution in [2.24, 2.45) is 0 Å². The highest BCUT2D eigenvalue weighted by Crippen LogP contribution is 2.45. The fraction of sp³-hybridized carbons (Fsp3) is 0.663. The maximum atomic E-state index is 13.1. The van der Waals surface area contributed by atoms with Crippen molar-refractivity contribution in [3.8, 4) is 0 Å². The number of phosphoric acid groups is 2. The van der Waals surface area contributed by atoms with Crippen molar-refractivity contribution in [2.75, 3.05) is 39.6 Å². The van der Waals surface area contributed by atoms with Gasteiger partial charge in [-0.3, -0.25) is 37.3 Å². The second-order valence-electron chi connectivity index (χ2n) is 27.3. The lowest BCUT2D eigenvalue weighted by Gasteiger charge is -2.21. The van der Waals surface area contributed by atoms with Gasteiger partial charge in [-0.2, -0.15) is 0 Å². The van der Waals surface area contributed by atoms with Crippen molar-refractivity contribution < 1.29 is 80.2 Å². The summed E-state index contributed by atoms with van der Waals surface area (Å²) < 4.78 is 68.7. The first-order valence-electron chi connectivity index (χ1n) is 41.7. The Bertz CT molecular complexity index is 2660. The van der Waals surface area contributed by atoms with E-state index in [9.17, 15) is 43.2 Å². The van der Waals surface area contributed by atoms with Crippen molar-refractivity contribution in [2.45, 2.75) is 341 Å². The number of hydrogen-bond donors (Lipinski definition) is 3. The maximum Gasteiger partial charge on any atom is 0.472 e. The molecular formula is C89H148O17P2. The summed E-state index contributed by atoms with van der Waals surface area (Å²) in [5.74, 6) is -2.28. The van der Waals surface area contributed by atoms with Gasteiger partial charge in [-0.25, -0.2) is 9.13 Å². The Morgan fingerprint density at radius 2 is 0.491 bits per heavy atom. The van der Waals surface area contributed by atoms with E-state index in [4.69, 9.17) is 37.0 Å². The molecule has 5 atom stereocenters. The SMILES string of the molecule is CC/C=C\C/C=C\C/C=C\C/C=C\C/C=C\CCCC(=O)OC(COC(=O)CCCCCCCC/C=C\C/C=C\C/C=C\CCCCC)COP(=O)(O)OCC(O)COP(=O)(O)OCC(COC(=O)CCCCCCCC/C=C\C/C=C\C/C=C\C/C=C\CC)OC(=O)CCCCCCC/C=C\CCCCCC. The third kappa shape index (κ3) is 78.8. The van der Waals surface area contributed by atoms with Gasteiger partial charge in [-0.15, -0.1) is 0 Å². The van der Waals surface area contributed by atoms with Crippen molar-refractivity contribution in [1.29, 1.82) is 0 Å². The van der Waals surface area contributed by atoms with E-state index >= 15 is 0 Å². The molecule has 0 aromatic rings. The Morgan fingerprint density at radius 1 is 0.269 bits per heavy atom. The molecule has 0 saturated carbocycles. The number of carbonyl (C=O) groups is 4. The zero-order valence-electron chi connectivity index (χ0n) is 67.5. The molecule has 0 heterocycles. The summed E-state index contributed by atoms with van der Waals surface area (Å²) in [6, 6.07) is 0. The molecule has 0 spiro atoms. The second kappa shape index (κ2) is 79.8. The predicted molar refractivity (Wildman–Crippen MR) is 445 cm³/mol. The smallest absolute Gasteiger partial charge is 0.462 e. The van der Waals surface area contributed by atoms with E-state index in [1.54, 1.807) is 0 Å². The first kappa shape index (κ1) is 103. The molecule has 0 aliphatic carbocycles. The van der Waals surface area contributed by atoms with E-state index in [-0.39, 0.29) is 25.7 Å². The van der Waals surface area contributed by atoms with Crippen molar-refractivity contribution in [1.82, 2.24) is 0 Å². The first-order valence-corrected chi connectivity index (χ1v) is 44.7. The first-order chi connectivity index (χ1) is 52.7. The summed E-state index contributed by atoms with van der Waals surface area (Å²) in [5, 5.41) is 10.7. The largest absolute Gasteiger partial charge is 0.472 e. The summed E-state index contributed by atoms with van der Waals surface area (Å²) in [4.78, 5) is 73.2. The molecule has 3 N–H and O–H groups in total. The molecule has 0 aliphatic rings. The van der Waals surface area contributed by atoms with Crippen LogP contribution in [-0.2, 0) is 65.4 Å². The molecule has 0 aliphatic heterocycles. The summed E-state index contributed by atoms with van der Waals surface area (Å²) in [7, 11) is -10.0. The van der Waals surface area contributed by atoms with Crippen LogP contribution >= 0.6 is 15.6 Å². The number of esters is 4. The number of hydrogen-bond acceptors (Lipinski definition) is 15. The van der Waals surface area contributed by atoms with Crippen molar-refractivity contribution >= 4 is 39.5 Å². The number of ether oxygens (including phenoxy) is 4. The normalized spacial score (nSPS) is 14.6. The zero-order valence-corrected chi connectivity index (χ0v) is 69.3. The van der Waals surface area contributed by atoms with Gasteiger partial charge < -0.3 is 33.8 Å². The summed E-state index contributed by atoms with van der Waals surface area (Å²) >= 11 is 0. The van der Waals surface area contributed by atoms with Gasteiger partial charge in [0.05, 0.1) is 26.4 Å². The van der Waals surface area contributed by atoms with Gasteiger partial charge in [0.25, 0.3) is 0 Å². The lowest BCUT2D eigenvalue weighted by Crippen LogP contribution is -2.30. The molecule has 17 nitrogen and oxygen atoms in total. The summed E-state index contributed by atoms with van der Waals surface area (Å²) in [5.41, 5.74) is 0. The van der Waals surface area contributed by atoms with Crippen molar-refractivity contribution in [3.05, 3.63) is 158 Å². The molecule has 0 rings (SSSR count). The van der Waals surface area contributed by atoms with Gasteiger partial charge in [-0.05, 0) is 167 Å². The summed E-state index contributed by atoms with van der Waals surface area (Å²) in [6.07, 6.45) is 93.6. The van der Waals surface area contributed by atoms with Crippen LogP contribution in [0.15, 0.2) is 158 Å². The topological polar surface area (TPSA) is 237 Å². The highest BCUT2D eigenvalue weighted by atomic mass is 31.2. The van der Waals surface area contributed by atoms with Crippen LogP contribution in [0, 0.1) is 0 Å². The number of carbonyl (C=O) groups excluding carboxylic acids is 4. The molecule has 0 amide bonds. The van der Waals surface area contributed by atoms with E-state index in [1.165, 1.54) is 44.9 Å². The molecule has 0 bridgehead atoms. The van der Waals surface area contributed by atoms with Gasteiger partial charge in [0, 0.05) is 25.7 Å². The minimum absolute atomic E-state index is 0.00881. The van der Waals surface area contributed by atoms with E-state index in [1.807, 2.05) is 12.2 Å². The third-order valence-corrected chi connectivity index (χ3v) is 18.9. The highest BCUT2D eigenvalue weighted by molar-refractivity contribution is 7.47. The monoisotopic (exact) mass is 1550 g/mol. The van der Waals surface area contributed by atoms with Crippen LogP contribution in [0.5, 0.6) is 0 Å². The molecule has 0 aromatic heterocycles. The van der Waals surface area contributed by atoms with Crippen molar-refractivity contribution in [3.63, 3.8) is 0 Å². The molecule has 19 heteroatoms. The Hall–Kier alpha value is -5.32. The fourth-order valence-electron chi connectivity index (χ4n) is 10.7. The second-order valence-corrected chi connectivity index (χ2v) is 30.2. The Balaban J connectivity index is 5.44. The van der Waals surface area contributed by atoms with Gasteiger partial charge >= 0.3 is 39.5 Å². The van der Waals surface area contributed by atoms with Crippen LogP contribution in [0.4, 0.5) is 0 Å². The predicted octanol–water partition coefficient (Wildman–Crippen LogP) is 24.8. The summed E-state index contributed by atoms with van der Waals surface area (Å²) in [6.45, 7) is 4.51. The third-order valence-electron chi connectivity index (χ3n) is 17.0. The van der Waals surface area contributed by atoms with E-state index in [0.717, 1.165) is 193 Å². The van der Waals surface area contributed by atoms with E-state index in [2.05, 4.69) is 174 Å². The Morgan fingerprint density at radius 3 is 0.806 bits per heavy atom. The molecule has 108 heavy (non-hydrogen) atoms. The molecular weight excluding hydrogens is 1400 g/mol. The fourth-order valence-corrected chi connectivity index (χ4v) is 12.2.